The Morgan fingerprint density at radius 1 is 1.21 bits per heavy atom. The molecule has 1 aromatic carbocycles. The minimum atomic E-state index is 0.683. The maximum absolute atomic E-state index is 5.94. The summed E-state index contributed by atoms with van der Waals surface area (Å²) >= 11 is 9.43. The Morgan fingerprint density at radius 2 is 2.05 bits per heavy atom. The number of fused-ring (bicyclic) bond motifs is 1. The van der Waals surface area contributed by atoms with Gasteiger partial charge in [-0.2, -0.15) is 0 Å². The highest BCUT2D eigenvalue weighted by Gasteiger charge is 2.10. The van der Waals surface area contributed by atoms with Crippen molar-refractivity contribution in [3.63, 3.8) is 0 Å². The average molecular weight is 338 g/mol. The van der Waals surface area contributed by atoms with E-state index in [1.54, 1.807) is 0 Å². The molecule has 0 saturated heterocycles. The molecule has 2 N–H and O–H groups in total. The van der Waals surface area contributed by atoms with Crippen LogP contribution < -0.4 is 5.32 Å². The van der Waals surface area contributed by atoms with Crippen LogP contribution >= 0.6 is 27.5 Å². The normalized spacial score (nSPS) is 10.9. The van der Waals surface area contributed by atoms with Gasteiger partial charge in [0.05, 0.1) is 5.52 Å². The van der Waals surface area contributed by atoms with Crippen molar-refractivity contribution in [1.82, 2.24) is 15.0 Å². The van der Waals surface area contributed by atoms with Crippen LogP contribution in [0.3, 0.4) is 0 Å². The molecule has 6 heteroatoms. The average Bonchev–Trinajstić information content (AvgIpc) is 2.80. The zero-order valence-corrected chi connectivity index (χ0v) is 12.4. The topological polar surface area (TPSA) is 53.6 Å². The van der Waals surface area contributed by atoms with Crippen molar-refractivity contribution in [3.8, 4) is 11.4 Å². The van der Waals surface area contributed by atoms with Crippen LogP contribution in [0.4, 0.5) is 5.82 Å². The summed E-state index contributed by atoms with van der Waals surface area (Å²) in [5, 5.41) is 3.68. The molecular formula is C13H10BrClN4. The zero-order chi connectivity index (χ0) is 13.4. The summed E-state index contributed by atoms with van der Waals surface area (Å²) in [4.78, 5) is 12.1. The van der Waals surface area contributed by atoms with E-state index >= 15 is 0 Å². The number of halogens is 2. The zero-order valence-electron chi connectivity index (χ0n) is 10.0. The lowest BCUT2D eigenvalue weighted by Crippen LogP contribution is -1.91. The number of rotatable bonds is 2. The number of pyridine rings is 1. The van der Waals surface area contributed by atoms with Crippen molar-refractivity contribution >= 4 is 44.5 Å². The van der Waals surface area contributed by atoms with Gasteiger partial charge >= 0.3 is 0 Å². The molecule has 0 fully saturated rings. The van der Waals surface area contributed by atoms with Gasteiger partial charge in [-0.05, 0) is 46.3 Å². The van der Waals surface area contributed by atoms with Gasteiger partial charge in [0.1, 0.15) is 11.6 Å². The van der Waals surface area contributed by atoms with Crippen molar-refractivity contribution in [2.24, 2.45) is 0 Å². The molecule has 0 bridgehead atoms. The smallest absolute Gasteiger partial charge is 0.180 e. The molecule has 0 unspecified atom stereocenters. The molecule has 0 aliphatic heterocycles. The third-order valence-corrected chi connectivity index (χ3v) is 3.68. The predicted octanol–water partition coefficient (Wildman–Crippen LogP) is 4.08. The highest BCUT2D eigenvalue weighted by molar-refractivity contribution is 9.10. The van der Waals surface area contributed by atoms with Crippen molar-refractivity contribution < 1.29 is 0 Å². The molecule has 0 aliphatic carbocycles. The number of H-pyrrole nitrogens is 1. The monoisotopic (exact) mass is 336 g/mol. The molecule has 0 radical (unpaired) electrons. The number of benzene rings is 1. The minimum Gasteiger partial charge on any atom is -0.373 e. The van der Waals surface area contributed by atoms with E-state index in [1.807, 2.05) is 37.4 Å². The Hall–Kier alpha value is -1.59. The van der Waals surface area contributed by atoms with Gasteiger partial charge in [-0.3, -0.25) is 0 Å². The number of imidazole rings is 1. The summed E-state index contributed by atoms with van der Waals surface area (Å²) in [6, 6.07) is 9.45. The molecule has 0 spiro atoms. The van der Waals surface area contributed by atoms with Crippen LogP contribution in [0, 0.1) is 0 Å². The van der Waals surface area contributed by atoms with Gasteiger partial charge < -0.3 is 10.3 Å². The van der Waals surface area contributed by atoms with E-state index in [1.165, 1.54) is 0 Å². The lowest BCUT2D eigenvalue weighted by Gasteiger charge is -2.00. The molecule has 0 amide bonds. The van der Waals surface area contributed by atoms with Crippen molar-refractivity contribution in [3.05, 3.63) is 39.8 Å². The van der Waals surface area contributed by atoms with E-state index in [4.69, 9.17) is 11.6 Å². The molecule has 0 aliphatic rings. The second kappa shape index (κ2) is 4.83. The first-order valence-electron chi connectivity index (χ1n) is 5.67. The second-order valence-corrected chi connectivity index (χ2v) is 5.32. The Labute approximate surface area is 123 Å². The fourth-order valence-electron chi connectivity index (χ4n) is 1.84. The molecular weight excluding hydrogens is 328 g/mol. The number of nitrogens with one attached hydrogen (secondary N) is 2. The number of anilines is 1. The SMILES string of the molecule is CNc1ccc2[nH]c(-c3ccc(Cl)cc3Br)nc2n1. The van der Waals surface area contributed by atoms with Crippen LogP contribution in [0.25, 0.3) is 22.6 Å². The fourth-order valence-corrected chi connectivity index (χ4v) is 2.71. The first-order chi connectivity index (χ1) is 9.17. The van der Waals surface area contributed by atoms with E-state index in [0.29, 0.717) is 10.7 Å². The van der Waals surface area contributed by atoms with Crippen LogP contribution in [-0.4, -0.2) is 22.0 Å². The molecule has 3 aromatic rings. The van der Waals surface area contributed by atoms with Gasteiger partial charge in [0.15, 0.2) is 5.65 Å². The van der Waals surface area contributed by atoms with Gasteiger partial charge in [0, 0.05) is 22.1 Å². The lowest BCUT2D eigenvalue weighted by atomic mass is 10.2. The summed E-state index contributed by atoms with van der Waals surface area (Å²) in [5.74, 6) is 1.56. The number of hydrogen-bond acceptors (Lipinski definition) is 3. The molecule has 2 heterocycles. The van der Waals surface area contributed by atoms with Crippen LogP contribution in [0.15, 0.2) is 34.8 Å². The highest BCUT2D eigenvalue weighted by atomic mass is 79.9. The van der Waals surface area contributed by atoms with E-state index in [-0.39, 0.29) is 0 Å². The molecule has 0 atom stereocenters. The van der Waals surface area contributed by atoms with Crippen LogP contribution in [0.5, 0.6) is 0 Å². The van der Waals surface area contributed by atoms with Gasteiger partial charge in [0.2, 0.25) is 0 Å². The van der Waals surface area contributed by atoms with Crippen LogP contribution in [0.2, 0.25) is 5.02 Å². The van der Waals surface area contributed by atoms with Gasteiger partial charge in [0.25, 0.3) is 0 Å². The summed E-state index contributed by atoms with van der Waals surface area (Å²) in [6.45, 7) is 0. The number of hydrogen-bond donors (Lipinski definition) is 2. The summed E-state index contributed by atoms with van der Waals surface area (Å²) in [5.41, 5.74) is 2.54. The summed E-state index contributed by atoms with van der Waals surface area (Å²) in [7, 11) is 1.83. The maximum Gasteiger partial charge on any atom is 0.180 e. The van der Waals surface area contributed by atoms with Gasteiger partial charge in [-0.25, -0.2) is 9.97 Å². The Balaban J connectivity index is 2.14. The Morgan fingerprint density at radius 3 is 2.79 bits per heavy atom. The third kappa shape index (κ3) is 2.31. The fraction of sp³-hybridized carbons (Fsp3) is 0.0769. The summed E-state index contributed by atoms with van der Waals surface area (Å²) in [6.07, 6.45) is 0. The first kappa shape index (κ1) is 12.4. The molecule has 19 heavy (non-hydrogen) atoms. The second-order valence-electron chi connectivity index (χ2n) is 4.03. The van der Waals surface area contributed by atoms with Gasteiger partial charge in [-0.1, -0.05) is 11.6 Å². The van der Waals surface area contributed by atoms with Crippen molar-refractivity contribution in [2.45, 2.75) is 0 Å². The molecule has 2 aromatic heterocycles. The number of aromatic nitrogens is 3. The van der Waals surface area contributed by atoms with Crippen LogP contribution in [-0.2, 0) is 0 Å². The lowest BCUT2D eigenvalue weighted by molar-refractivity contribution is 1.28. The minimum absolute atomic E-state index is 0.683. The van der Waals surface area contributed by atoms with E-state index in [0.717, 1.165) is 27.2 Å². The van der Waals surface area contributed by atoms with E-state index in [2.05, 4.69) is 36.2 Å². The predicted molar refractivity (Wildman–Crippen MR) is 81.6 cm³/mol. The standard InChI is InChI=1S/C13H10BrClN4/c1-16-11-5-4-10-13(18-11)19-12(17-10)8-3-2-7(15)6-9(8)14/h2-6H,1H3,(H2,16,17,18,19). The number of aromatic amines is 1. The summed E-state index contributed by atoms with van der Waals surface area (Å²) < 4.78 is 0.896. The molecule has 0 saturated carbocycles. The third-order valence-electron chi connectivity index (χ3n) is 2.79. The molecule has 3 rings (SSSR count). The number of nitrogens with zero attached hydrogens (tertiary/aromatic N) is 2. The van der Waals surface area contributed by atoms with E-state index < -0.39 is 0 Å². The van der Waals surface area contributed by atoms with Gasteiger partial charge in [-0.15, -0.1) is 0 Å². The maximum atomic E-state index is 5.94. The quantitative estimate of drug-likeness (QED) is 0.741. The Bertz CT molecular complexity index is 753. The first-order valence-corrected chi connectivity index (χ1v) is 6.84. The van der Waals surface area contributed by atoms with Crippen molar-refractivity contribution in [1.29, 1.82) is 0 Å². The molecule has 96 valence electrons. The van der Waals surface area contributed by atoms with Crippen molar-refractivity contribution in [2.75, 3.05) is 12.4 Å². The molecule has 4 nitrogen and oxygen atoms in total. The van der Waals surface area contributed by atoms with E-state index in [9.17, 15) is 0 Å². The van der Waals surface area contributed by atoms with Crippen LogP contribution in [0.1, 0.15) is 0 Å². The highest BCUT2D eigenvalue weighted by Crippen LogP contribution is 2.30. The largest absolute Gasteiger partial charge is 0.373 e. The Kier molecular flexibility index (Phi) is 3.16.